The Balaban J connectivity index is 2.12. The third-order valence-corrected chi connectivity index (χ3v) is 2.71. The third kappa shape index (κ3) is 2.87. The molecule has 0 saturated carbocycles. The van der Waals surface area contributed by atoms with Gasteiger partial charge in [0.2, 0.25) is 12.2 Å². The standard InChI is InChI=1S/C13H17N3O2/c1-9-5-11(3-4-14)6-10(2)13(9)17-7-12-15-8-18-16-12/h5-6,8H,3-4,7,14H2,1-2H3. The molecule has 2 rings (SSSR count). The monoisotopic (exact) mass is 247 g/mol. The number of rotatable bonds is 5. The van der Waals surface area contributed by atoms with E-state index in [1.165, 1.54) is 12.0 Å². The van der Waals surface area contributed by atoms with Gasteiger partial charge >= 0.3 is 0 Å². The molecule has 0 aliphatic rings. The van der Waals surface area contributed by atoms with Crippen molar-refractivity contribution in [2.75, 3.05) is 6.54 Å². The molecule has 0 spiro atoms. The largest absolute Gasteiger partial charge is 0.485 e. The maximum absolute atomic E-state index is 5.73. The van der Waals surface area contributed by atoms with Crippen LogP contribution in [0, 0.1) is 13.8 Å². The molecule has 96 valence electrons. The van der Waals surface area contributed by atoms with Crippen LogP contribution in [0.15, 0.2) is 23.0 Å². The van der Waals surface area contributed by atoms with E-state index in [-0.39, 0.29) is 0 Å². The average Bonchev–Trinajstić information content (AvgIpc) is 2.81. The highest BCUT2D eigenvalue weighted by Gasteiger charge is 2.08. The molecule has 1 heterocycles. The Labute approximate surface area is 106 Å². The Kier molecular flexibility index (Phi) is 3.94. The molecule has 5 heteroatoms. The first-order valence-electron chi connectivity index (χ1n) is 5.89. The number of nitrogens with two attached hydrogens (primary N) is 1. The van der Waals surface area contributed by atoms with Crippen molar-refractivity contribution in [3.05, 3.63) is 41.0 Å². The lowest BCUT2D eigenvalue weighted by Gasteiger charge is -2.12. The SMILES string of the molecule is Cc1cc(CCN)cc(C)c1OCc1ncon1. The molecular weight excluding hydrogens is 230 g/mol. The molecule has 0 unspecified atom stereocenters. The quantitative estimate of drug-likeness (QED) is 0.871. The van der Waals surface area contributed by atoms with Crippen LogP contribution < -0.4 is 10.5 Å². The van der Waals surface area contributed by atoms with Crippen molar-refractivity contribution < 1.29 is 9.26 Å². The predicted octanol–water partition coefficient (Wildman–Crippen LogP) is 1.77. The molecule has 0 aliphatic heterocycles. The van der Waals surface area contributed by atoms with E-state index in [0.717, 1.165) is 23.3 Å². The zero-order valence-corrected chi connectivity index (χ0v) is 10.6. The van der Waals surface area contributed by atoms with Gasteiger partial charge in [-0.15, -0.1) is 0 Å². The summed E-state index contributed by atoms with van der Waals surface area (Å²) in [5.41, 5.74) is 9.00. The van der Waals surface area contributed by atoms with E-state index in [2.05, 4.69) is 26.8 Å². The average molecular weight is 247 g/mol. The molecule has 0 radical (unpaired) electrons. The minimum absolute atomic E-state index is 0.314. The van der Waals surface area contributed by atoms with Crippen LogP contribution in [-0.4, -0.2) is 16.7 Å². The topological polar surface area (TPSA) is 74.2 Å². The van der Waals surface area contributed by atoms with Gasteiger partial charge in [0.1, 0.15) is 5.75 Å². The summed E-state index contributed by atoms with van der Waals surface area (Å²) in [6.07, 6.45) is 2.18. The van der Waals surface area contributed by atoms with Gasteiger partial charge in [0.15, 0.2) is 6.61 Å². The molecule has 0 aliphatic carbocycles. The van der Waals surface area contributed by atoms with Crippen molar-refractivity contribution in [1.82, 2.24) is 10.1 Å². The zero-order valence-electron chi connectivity index (χ0n) is 10.6. The first-order valence-corrected chi connectivity index (χ1v) is 5.89. The summed E-state index contributed by atoms with van der Waals surface area (Å²) in [6.45, 7) is 5.02. The van der Waals surface area contributed by atoms with E-state index >= 15 is 0 Å². The lowest BCUT2D eigenvalue weighted by atomic mass is 10.0. The summed E-state index contributed by atoms with van der Waals surface area (Å²) < 4.78 is 10.4. The number of aromatic nitrogens is 2. The van der Waals surface area contributed by atoms with Gasteiger partial charge in [0, 0.05) is 0 Å². The second-order valence-electron chi connectivity index (χ2n) is 4.23. The number of benzene rings is 1. The van der Waals surface area contributed by atoms with Crippen LogP contribution in [0.3, 0.4) is 0 Å². The fraction of sp³-hybridized carbons (Fsp3) is 0.385. The number of hydrogen-bond donors (Lipinski definition) is 1. The minimum Gasteiger partial charge on any atom is -0.485 e. The van der Waals surface area contributed by atoms with Gasteiger partial charge in [-0.25, -0.2) is 0 Å². The maximum Gasteiger partial charge on any atom is 0.213 e. The smallest absolute Gasteiger partial charge is 0.213 e. The molecule has 0 saturated heterocycles. The van der Waals surface area contributed by atoms with E-state index in [1.54, 1.807) is 0 Å². The van der Waals surface area contributed by atoms with Crippen molar-refractivity contribution in [3.8, 4) is 5.75 Å². The number of hydrogen-bond acceptors (Lipinski definition) is 5. The molecule has 0 bridgehead atoms. The highest BCUT2D eigenvalue weighted by molar-refractivity contribution is 5.43. The Morgan fingerprint density at radius 2 is 2.00 bits per heavy atom. The molecular formula is C13H17N3O2. The summed E-state index contributed by atoms with van der Waals surface area (Å²) in [4.78, 5) is 3.92. The predicted molar refractivity (Wildman–Crippen MR) is 67.3 cm³/mol. The lowest BCUT2D eigenvalue weighted by molar-refractivity contribution is 0.283. The van der Waals surface area contributed by atoms with Gasteiger partial charge in [-0.2, -0.15) is 4.98 Å². The second kappa shape index (κ2) is 5.64. The molecule has 1 aromatic carbocycles. The molecule has 0 atom stereocenters. The molecule has 2 N–H and O–H groups in total. The van der Waals surface area contributed by atoms with Crippen molar-refractivity contribution in [1.29, 1.82) is 0 Å². The Bertz CT molecular complexity index is 486. The van der Waals surface area contributed by atoms with Crippen molar-refractivity contribution in [2.24, 2.45) is 5.73 Å². The Morgan fingerprint density at radius 1 is 1.28 bits per heavy atom. The maximum atomic E-state index is 5.73. The van der Waals surface area contributed by atoms with E-state index in [4.69, 9.17) is 10.5 Å². The van der Waals surface area contributed by atoms with Crippen LogP contribution in [-0.2, 0) is 13.0 Å². The highest BCUT2D eigenvalue weighted by atomic mass is 16.5. The molecule has 18 heavy (non-hydrogen) atoms. The fourth-order valence-corrected chi connectivity index (χ4v) is 1.97. The van der Waals surface area contributed by atoms with Crippen LogP contribution in [0.25, 0.3) is 0 Å². The lowest BCUT2D eigenvalue weighted by Crippen LogP contribution is -2.05. The van der Waals surface area contributed by atoms with Crippen LogP contribution in [0.1, 0.15) is 22.5 Å². The summed E-state index contributed by atoms with van der Waals surface area (Å²) in [5.74, 6) is 1.42. The highest BCUT2D eigenvalue weighted by Crippen LogP contribution is 2.25. The first-order chi connectivity index (χ1) is 8.70. The third-order valence-electron chi connectivity index (χ3n) is 2.71. The van der Waals surface area contributed by atoms with Gasteiger partial charge in [0.05, 0.1) is 0 Å². The van der Waals surface area contributed by atoms with E-state index in [9.17, 15) is 0 Å². The van der Waals surface area contributed by atoms with E-state index < -0.39 is 0 Å². The molecule has 0 amide bonds. The number of ether oxygens (including phenoxy) is 1. The van der Waals surface area contributed by atoms with Gasteiger partial charge in [-0.1, -0.05) is 17.3 Å². The summed E-state index contributed by atoms with van der Waals surface area (Å²) in [5, 5.41) is 3.71. The fourth-order valence-electron chi connectivity index (χ4n) is 1.97. The first kappa shape index (κ1) is 12.6. The van der Waals surface area contributed by atoms with Gasteiger partial charge in [0.25, 0.3) is 0 Å². The molecule has 0 fully saturated rings. The van der Waals surface area contributed by atoms with Gasteiger partial charge in [-0.05, 0) is 43.5 Å². The summed E-state index contributed by atoms with van der Waals surface area (Å²) in [7, 11) is 0. The normalized spacial score (nSPS) is 10.6. The van der Waals surface area contributed by atoms with Crippen LogP contribution in [0.2, 0.25) is 0 Å². The van der Waals surface area contributed by atoms with E-state index in [1.807, 2.05) is 13.8 Å². The van der Waals surface area contributed by atoms with Crippen LogP contribution >= 0.6 is 0 Å². The molecule has 5 nitrogen and oxygen atoms in total. The van der Waals surface area contributed by atoms with Gasteiger partial charge < -0.3 is 15.0 Å². The molecule has 2 aromatic rings. The van der Waals surface area contributed by atoms with Crippen LogP contribution in [0.4, 0.5) is 0 Å². The summed E-state index contributed by atoms with van der Waals surface area (Å²) >= 11 is 0. The van der Waals surface area contributed by atoms with Crippen LogP contribution in [0.5, 0.6) is 5.75 Å². The second-order valence-corrected chi connectivity index (χ2v) is 4.23. The van der Waals surface area contributed by atoms with Crippen molar-refractivity contribution >= 4 is 0 Å². The summed E-state index contributed by atoms with van der Waals surface area (Å²) in [6, 6.07) is 4.21. The zero-order chi connectivity index (χ0) is 13.0. The number of nitrogens with zero attached hydrogens (tertiary/aromatic N) is 2. The van der Waals surface area contributed by atoms with Crippen molar-refractivity contribution in [3.63, 3.8) is 0 Å². The number of aryl methyl sites for hydroxylation is 2. The Morgan fingerprint density at radius 3 is 2.56 bits per heavy atom. The Hall–Kier alpha value is -1.88. The van der Waals surface area contributed by atoms with E-state index in [0.29, 0.717) is 19.0 Å². The van der Waals surface area contributed by atoms with Gasteiger partial charge in [-0.3, -0.25) is 0 Å². The minimum atomic E-state index is 0.314. The molecule has 1 aromatic heterocycles. The van der Waals surface area contributed by atoms with Crippen molar-refractivity contribution in [2.45, 2.75) is 26.9 Å².